The summed E-state index contributed by atoms with van der Waals surface area (Å²) in [7, 11) is 0. The molecule has 2 heteroatoms. The van der Waals surface area contributed by atoms with Crippen LogP contribution >= 0.6 is 0 Å². The molecule has 0 bridgehead atoms. The summed E-state index contributed by atoms with van der Waals surface area (Å²) >= 11 is 0. The Labute approximate surface area is 94.0 Å². The van der Waals surface area contributed by atoms with Crippen molar-refractivity contribution in [1.29, 1.82) is 0 Å². The van der Waals surface area contributed by atoms with Crippen molar-refractivity contribution in [3.63, 3.8) is 0 Å². The number of aliphatic hydroxyl groups excluding tert-OH is 1. The van der Waals surface area contributed by atoms with Crippen molar-refractivity contribution in [3.8, 4) is 0 Å². The van der Waals surface area contributed by atoms with E-state index in [4.69, 9.17) is 4.74 Å². The Morgan fingerprint density at radius 1 is 1.33 bits per heavy atom. The molecule has 0 aromatic carbocycles. The van der Waals surface area contributed by atoms with Crippen LogP contribution in [-0.2, 0) is 4.74 Å². The molecule has 1 aliphatic heterocycles. The summed E-state index contributed by atoms with van der Waals surface area (Å²) in [5, 5.41) is 10.3. The molecule has 3 unspecified atom stereocenters. The molecule has 1 N–H and O–H groups in total. The third-order valence-electron chi connectivity index (χ3n) is 3.78. The first-order valence-electron chi connectivity index (χ1n) is 6.08. The van der Waals surface area contributed by atoms with Gasteiger partial charge in [-0.25, -0.2) is 0 Å². The SMILES string of the molecule is CCC(C)C(O)C1CC(C)(C)OC1(C)C. The third-order valence-corrected chi connectivity index (χ3v) is 3.78. The number of hydrogen-bond acceptors (Lipinski definition) is 2. The van der Waals surface area contributed by atoms with Crippen LogP contribution in [-0.4, -0.2) is 22.4 Å². The number of aliphatic hydroxyl groups is 1. The van der Waals surface area contributed by atoms with Crippen LogP contribution in [0.1, 0.15) is 54.4 Å². The second-order valence-electron chi connectivity index (χ2n) is 6.15. The van der Waals surface area contributed by atoms with Gasteiger partial charge in [0.2, 0.25) is 0 Å². The second-order valence-corrected chi connectivity index (χ2v) is 6.15. The Morgan fingerprint density at radius 3 is 2.20 bits per heavy atom. The highest BCUT2D eigenvalue weighted by Gasteiger charge is 2.49. The minimum absolute atomic E-state index is 0.0946. The molecule has 0 aromatic rings. The summed E-state index contributed by atoms with van der Waals surface area (Å²) in [6.45, 7) is 12.7. The van der Waals surface area contributed by atoms with Crippen molar-refractivity contribution in [2.24, 2.45) is 11.8 Å². The molecule has 1 fully saturated rings. The van der Waals surface area contributed by atoms with E-state index in [-0.39, 0.29) is 23.2 Å². The maximum absolute atomic E-state index is 10.3. The molecule has 1 heterocycles. The van der Waals surface area contributed by atoms with E-state index in [9.17, 15) is 5.11 Å². The van der Waals surface area contributed by atoms with Gasteiger partial charge in [-0.1, -0.05) is 20.3 Å². The highest BCUT2D eigenvalue weighted by atomic mass is 16.5. The van der Waals surface area contributed by atoms with Gasteiger partial charge in [-0.3, -0.25) is 0 Å². The van der Waals surface area contributed by atoms with E-state index in [1.807, 2.05) is 0 Å². The van der Waals surface area contributed by atoms with Crippen molar-refractivity contribution < 1.29 is 9.84 Å². The minimum atomic E-state index is -0.244. The molecule has 1 aliphatic rings. The molecule has 1 saturated heterocycles. The largest absolute Gasteiger partial charge is 0.392 e. The molecule has 0 aliphatic carbocycles. The fourth-order valence-electron chi connectivity index (χ4n) is 2.77. The molecule has 0 spiro atoms. The van der Waals surface area contributed by atoms with E-state index in [0.29, 0.717) is 5.92 Å². The zero-order valence-corrected chi connectivity index (χ0v) is 11.0. The molecule has 0 saturated carbocycles. The van der Waals surface area contributed by atoms with Gasteiger partial charge in [-0.2, -0.15) is 0 Å². The molecular weight excluding hydrogens is 188 g/mol. The Balaban J connectivity index is 2.78. The molecule has 0 aromatic heterocycles. The van der Waals surface area contributed by atoms with Crippen LogP contribution in [0.3, 0.4) is 0 Å². The van der Waals surface area contributed by atoms with Crippen molar-refractivity contribution in [2.45, 2.75) is 71.7 Å². The summed E-state index contributed by atoms with van der Waals surface area (Å²) in [4.78, 5) is 0. The second kappa shape index (κ2) is 4.06. The van der Waals surface area contributed by atoms with Crippen molar-refractivity contribution >= 4 is 0 Å². The van der Waals surface area contributed by atoms with Gasteiger partial charge < -0.3 is 9.84 Å². The smallest absolute Gasteiger partial charge is 0.0687 e. The van der Waals surface area contributed by atoms with Crippen LogP contribution in [0.5, 0.6) is 0 Å². The monoisotopic (exact) mass is 214 g/mol. The standard InChI is InChI=1S/C13H26O2/c1-7-9(2)11(14)10-8-12(3,4)15-13(10,5)6/h9-11,14H,7-8H2,1-6H3. The van der Waals surface area contributed by atoms with E-state index in [0.717, 1.165) is 12.8 Å². The number of ether oxygens (including phenoxy) is 1. The Kier molecular flexibility index (Phi) is 3.52. The first-order chi connectivity index (χ1) is 6.69. The molecule has 1 rings (SSSR count). The molecule has 90 valence electrons. The van der Waals surface area contributed by atoms with Gasteiger partial charge in [0, 0.05) is 5.92 Å². The zero-order valence-electron chi connectivity index (χ0n) is 11.0. The van der Waals surface area contributed by atoms with E-state index < -0.39 is 0 Å². The van der Waals surface area contributed by atoms with Crippen LogP contribution in [0.4, 0.5) is 0 Å². The summed E-state index contributed by atoms with van der Waals surface area (Å²) in [5.74, 6) is 0.606. The molecular formula is C13H26O2. The maximum Gasteiger partial charge on any atom is 0.0687 e. The predicted molar refractivity (Wildman–Crippen MR) is 62.8 cm³/mol. The van der Waals surface area contributed by atoms with Crippen LogP contribution in [0.25, 0.3) is 0 Å². The van der Waals surface area contributed by atoms with Gasteiger partial charge in [-0.05, 0) is 40.0 Å². The normalized spacial score (nSPS) is 32.6. The summed E-state index contributed by atoms with van der Waals surface area (Å²) in [6.07, 6.45) is 1.73. The van der Waals surface area contributed by atoms with Crippen molar-refractivity contribution in [1.82, 2.24) is 0 Å². The first kappa shape index (κ1) is 13.0. The van der Waals surface area contributed by atoms with Crippen LogP contribution in [0.15, 0.2) is 0 Å². The number of rotatable bonds is 3. The summed E-state index contributed by atoms with van der Waals surface area (Å²) in [5.41, 5.74) is -0.297. The first-order valence-corrected chi connectivity index (χ1v) is 6.08. The highest BCUT2D eigenvalue weighted by Crippen LogP contribution is 2.45. The van der Waals surface area contributed by atoms with Crippen LogP contribution in [0.2, 0.25) is 0 Å². The van der Waals surface area contributed by atoms with Gasteiger partial charge in [0.1, 0.15) is 0 Å². The summed E-state index contributed by atoms with van der Waals surface area (Å²) in [6, 6.07) is 0. The van der Waals surface area contributed by atoms with Gasteiger partial charge in [0.25, 0.3) is 0 Å². The minimum Gasteiger partial charge on any atom is -0.392 e. The van der Waals surface area contributed by atoms with Crippen LogP contribution < -0.4 is 0 Å². The molecule has 2 nitrogen and oxygen atoms in total. The van der Waals surface area contributed by atoms with E-state index >= 15 is 0 Å². The predicted octanol–water partition coefficient (Wildman–Crippen LogP) is 2.99. The lowest BCUT2D eigenvalue weighted by atomic mass is 9.78. The lowest BCUT2D eigenvalue weighted by Crippen LogP contribution is -2.39. The van der Waals surface area contributed by atoms with Crippen molar-refractivity contribution in [2.75, 3.05) is 0 Å². The van der Waals surface area contributed by atoms with Gasteiger partial charge >= 0.3 is 0 Å². The fraction of sp³-hybridized carbons (Fsp3) is 1.00. The fourth-order valence-corrected chi connectivity index (χ4v) is 2.77. The Bertz CT molecular complexity index is 221. The Hall–Kier alpha value is -0.0800. The topological polar surface area (TPSA) is 29.5 Å². The summed E-state index contributed by atoms with van der Waals surface area (Å²) < 4.78 is 6.00. The Morgan fingerprint density at radius 2 is 1.87 bits per heavy atom. The lowest BCUT2D eigenvalue weighted by Gasteiger charge is -2.32. The zero-order chi connectivity index (χ0) is 11.9. The van der Waals surface area contributed by atoms with Gasteiger partial charge in [-0.15, -0.1) is 0 Å². The third kappa shape index (κ3) is 2.73. The average molecular weight is 214 g/mol. The highest BCUT2D eigenvalue weighted by molar-refractivity contribution is 4.98. The molecule has 0 radical (unpaired) electrons. The molecule has 3 atom stereocenters. The molecule has 15 heavy (non-hydrogen) atoms. The van der Waals surface area contributed by atoms with E-state index in [1.165, 1.54) is 0 Å². The lowest BCUT2D eigenvalue weighted by molar-refractivity contribution is -0.0929. The average Bonchev–Trinajstić information content (AvgIpc) is 2.31. The van der Waals surface area contributed by atoms with Gasteiger partial charge in [0.15, 0.2) is 0 Å². The quantitative estimate of drug-likeness (QED) is 0.782. The maximum atomic E-state index is 10.3. The van der Waals surface area contributed by atoms with Crippen LogP contribution in [0, 0.1) is 11.8 Å². The number of hydrogen-bond donors (Lipinski definition) is 1. The van der Waals surface area contributed by atoms with Crippen molar-refractivity contribution in [3.05, 3.63) is 0 Å². The van der Waals surface area contributed by atoms with E-state index in [2.05, 4.69) is 41.5 Å². The van der Waals surface area contributed by atoms with E-state index in [1.54, 1.807) is 0 Å². The molecule has 0 amide bonds. The van der Waals surface area contributed by atoms with Gasteiger partial charge in [0.05, 0.1) is 17.3 Å².